The normalized spacial score (nSPS) is 10.6. The molecule has 0 radical (unpaired) electrons. The monoisotopic (exact) mass is 284 g/mol. The molecular weight excluding hydrogens is 274 g/mol. The summed E-state index contributed by atoms with van der Waals surface area (Å²) < 4.78 is 26.7. The number of para-hydroxylation sites is 1. The van der Waals surface area contributed by atoms with Crippen LogP contribution in [0.2, 0.25) is 0 Å². The predicted octanol–water partition coefficient (Wildman–Crippen LogP) is 3.77. The smallest absolute Gasteiger partial charge is 0.256 e. The Bertz CT molecular complexity index is 828. The molecule has 0 aliphatic carbocycles. The minimum atomic E-state index is -0.692. The molecule has 1 amide bonds. The van der Waals surface area contributed by atoms with Crippen molar-refractivity contribution >= 4 is 22.5 Å². The second-order valence-electron chi connectivity index (χ2n) is 4.45. The number of halogens is 2. The lowest BCUT2D eigenvalue weighted by atomic mass is 10.1. The summed E-state index contributed by atoms with van der Waals surface area (Å²) in [5.74, 6) is -1.83. The standard InChI is InChI=1S/C16H10F2N2O/c17-10-5-6-13(18)15(9-10)20-16(21)12-7-8-19-14-4-2-1-3-11(12)14/h1-9H,(H,20,21). The molecule has 1 N–H and O–H groups in total. The molecule has 0 aliphatic rings. The first kappa shape index (κ1) is 13.2. The van der Waals surface area contributed by atoms with E-state index in [-0.39, 0.29) is 5.69 Å². The maximum atomic E-state index is 13.6. The van der Waals surface area contributed by atoms with Crippen LogP contribution >= 0.6 is 0 Å². The number of carbonyl (C=O) groups excluding carboxylic acids is 1. The summed E-state index contributed by atoms with van der Waals surface area (Å²) in [6.07, 6.45) is 1.50. The number of pyridine rings is 1. The van der Waals surface area contributed by atoms with Crippen LogP contribution in [0.3, 0.4) is 0 Å². The average molecular weight is 284 g/mol. The number of benzene rings is 2. The largest absolute Gasteiger partial charge is 0.319 e. The molecule has 2 aromatic carbocycles. The summed E-state index contributed by atoms with van der Waals surface area (Å²) in [6.45, 7) is 0. The van der Waals surface area contributed by atoms with Gasteiger partial charge in [0.05, 0.1) is 16.8 Å². The van der Waals surface area contributed by atoms with E-state index in [1.807, 2.05) is 6.07 Å². The van der Waals surface area contributed by atoms with Crippen molar-refractivity contribution in [2.24, 2.45) is 0 Å². The first-order chi connectivity index (χ1) is 10.1. The fourth-order valence-electron chi connectivity index (χ4n) is 2.08. The van der Waals surface area contributed by atoms with Gasteiger partial charge in [-0.2, -0.15) is 0 Å². The first-order valence-electron chi connectivity index (χ1n) is 6.25. The van der Waals surface area contributed by atoms with Crippen molar-refractivity contribution in [3.63, 3.8) is 0 Å². The second kappa shape index (κ2) is 5.28. The number of hydrogen-bond acceptors (Lipinski definition) is 2. The van der Waals surface area contributed by atoms with E-state index in [9.17, 15) is 13.6 Å². The molecule has 0 atom stereocenters. The van der Waals surface area contributed by atoms with Gasteiger partial charge in [0.2, 0.25) is 0 Å². The van der Waals surface area contributed by atoms with Crippen molar-refractivity contribution in [2.75, 3.05) is 5.32 Å². The van der Waals surface area contributed by atoms with Crippen molar-refractivity contribution in [3.8, 4) is 0 Å². The number of nitrogens with one attached hydrogen (secondary N) is 1. The van der Waals surface area contributed by atoms with Gasteiger partial charge >= 0.3 is 0 Å². The molecule has 104 valence electrons. The zero-order chi connectivity index (χ0) is 14.8. The molecule has 0 spiro atoms. The molecular formula is C16H10F2N2O. The van der Waals surface area contributed by atoms with Gasteiger partial charge in [-0.1, -0.05) is 18.2 Å². The highest BCUT2D eigenvalue weighted by atomic mass is 19.1. The fraction of sp³-hybridized carbons (Fsp3) is 0. The van der Waals surface area contributed by atoms with Gasteiger partial charge in [0.15, 0.2) is 0 Å². The van der Waals surface area contributed by atoms with Gasteiger partial charge in [-0.15, -0.1) is 0 Å². The lowest BCUT2D eigenvalue weighted by molar-refractivity contribution is 0.102. The van der Waals surface area contributed by atoms with E-state index >= 15 is 0 Å². The third-order valence-electron chi connectivity index (χ3n) is 3.07. The molecule has 21 heavy (non-hydrogen) atoms. The Hall–Kier alpha value is -2.82. The minimum Gasteiger partial charge on any atom is -0.319 e. The molecule has 1 aromatic heterocycles. The molecule has 3 rings (SSSR count). The maximum Gasteiger partial charge on any atom is 0.256 e. The summed E-state index contributed by atoms with van der Waals surface area (Å²) in [7, 11) is 0. The van der Waals surface area contributed by atoms with Crippen molar-refractivity contribution in [2.45, 2.75) is 0 Å². The molecule has 0 saturated heterocycles. The molecule has 0 saturated carbocycles. The number of nitrogens with zero attached hydrogens (tertiary/aromatic N) is 1. The Kier molecular flexibility index (Phi) is 3.31. The van der Waals surface area contributed by atoms with Crippen molar-refractivity contribution < 1.29 is 13.6 Å². The highest BCUT2D eigenvalue weighted by Crippen LogP contribution is 2.20. The molecule has 3 aromatic rings. The summed E-state index contributed by atoms with van der Waals surface area (Å²) in [6, 6.07) is 11.6. The second-order valence-corrected chi connectivity index (χ2v) is 4.45. The van der Waals surface area contributed by atoms with Gasteiger partial charge in [0.25, 0.3) is 5.91 Å². The van der Waals surface area contributed by atoms with Crippen LogP contribution in [-0.2, 0) is 0 Å². The van der Waals surface area contributed by atoms with Crippen LogP contribution in [0, 0.1) is 11.6 Å². The number of aromatic nitrogens is 1. The van der Waals surface area contributed by atoms with Crippen LogP contribution in [0.15, 0.2) is 54.7 Å². The van der Waals surface area contributed by atoms with Crippen LogP contribution in [0.25, 0.3) is 10.9 Å². The SMILES string of the molecule is O=C(Nc1cc(F)ccc1F)c1ccnc2ccccc12. The number of fused-ring (bicyclic) bond motifs is 1. The van der Waals surface area contributed by atoms with Crippen molar-refractivity contribution in [1.82, 2.24) is 4.98 Å². The lowest BCUT2D eigenvalue weighted by Gasteiger charge is -2.08. The molecule has 0 fully saturated rings. The Morgan fingerprint density at radius 1 is 1.05 bits per heavy atom. The fourth-order valence-corrected chi connectivity index (χ4v) is 2.08. The van der Waals surface area contributed by atoms with E-state index in [0.29, 0.717) is 16.5 Å². The maximum absolute atomic E-state index is 13.6. The van der Waals surface area contributed by atoms with Gasteiger partial charge in [0.1, 0.15) is 11.6 Å². The zero-order valence-electron chi connectivity index (χ0n) is 10.8. The zero-order valence-corrected chi connectivity index (χ0v) is 10.8. The average Bonchev–Trinajstić information content (AvgIpc) is 2.50. The Balaban J connectivity index is 1.99. The van der Waals surface area contributed by atoms with Gasteiger partial charge < -0.3 is 5.32 Å². The summed E-state index contributed by atoms with van der Waals surface area (Å²) >= 11 is 0. The van der Waals surface area contributed by atoms with Gasteiger partial charge in [0, 0.05) is 17.6 Å². The number of carbonyl (C=O) groups is 1. The van der Waals surface area contributed by atoms with Crippen LogP contribution in [0.1, 0.15) is 10.4 Å². The van der Waals surface area contributed by atoms with E-state index in [1.54, 1.807) is 18.2 Å². The number of rotatable bonds is 2. The van der Waals surface area contributed by atoms with Crippen molar-refractivity contribution in [1.29, 1.82) is 0 Å². The highest BCUT2D eigenvalue weighted by Gasteiger charge is 2.13. The van der Waals surface area contributed by atoms with Crippen molar-refractivity contribution in [3.05, 3.63) is 71.9 Å². The number of anilines is 1. The minimum absolute atomic E-state index is 0.194. The molecule has 1 heterocycles. The van der Waals surface area contributed by atoms with E-state index in [1.165, 1.54) is 12.3 Å². The van der Waals surface area contributed by atoms with Crippen LogP contribution in [0.4, 0.5) is 14.5 Å². The van der Waals surface area contributed by atoms with Gasteiger partial charge in [-0.05, 0) is 24.3 Å². The molecule has 5 heteroatoms. The molecule has 0 unspecified atom stereocenters. The number of amides is 1. The van der Waals surface area contributed by atoms with Gasteiger partial charge in [-0.25, -0.2) is 8.78 Å². The molecule has 3 nitrogen and oxygen atoms in total. The van der Waals surface area contributed by atoms with E-state index < -0.39 is 17.5 Å². The van der Waals surface area contributed by atoms with E-state index in [0.717, 1.165) is 18.2 Å². The summed E-state index contributed by atoms with van der Waals surface area (Å²) in [5, 5.41) is 3.03. The van der Waals surface area contributed by atoms with Crippen LogP contribution in [0.5, 0.6) is 0 Å². The Morgan fingerprint density at radius 2 is 1.86 bits per heavy atom. The third kappa shape index (κ3) is 2.58. The summed E-state index contributed by atoms with van der Waals surface area (Å²) in [5.41, 5.74) is 0.815. The molecule has 0 aliphatic heterocycles. The molecule has 0 bridgehead atoms. The number of hydrogen-bond donors (Lipinski definition) is 1. The first-order valence-corrected chi connectivity index (χ1v) is 6.25. The predicted molar refractivity (Wildman–Crippen MR) is 76.1 cm³/mol. The Labute approximate surface area is 119 Å². The lowest BCUT2D eigenvalue weighted by Crippen LogP contribution is -2.13. The topological polar surface area (TPSA) is 42.0 Å². The summed E-state index contributed by atoms with van der Waals surface area (Å²) in [4.78, 5) is 16.4. The quantitative estimate of drug-likeness (QED) is 0.778. The van der Waals surface area contributed by atoms with Crippen LogP contribution in [-0.4, -0.2) is 10.9 Å². The Morgan fingerprint density at radius 3 is 2.71 bits per heavy atom. The van der Waals surface area contributed by atoms with E-state index in [2.05, 4.69) is 10.3 Å². The van der Waals surface area contributed by atoms with Gasteiger partial charge in [-0.3, -0.25) is 9.78 Å². The third-order valence-corrected chi connectivity index (χ3v) is 3.07. The van der Waals surface area contributed by atoms with Crippen LogP contribution < -0.4 is 5.32 Å². The highest BCUT2D eigenvalue weighted by molar-refractivity contribution is 6.12. The van der Waals surface area contributed by atoms with E-state index in [4.69, 9.17) is 0 Å².